The minimum atomic E-state index is -4.20. The van der Waals surface area contributed by atoms with Crippen molar-refractivity contribution in [3.63, 3.8) is 0 Å². The van der Waals surface area contributed by atoms with Gasteiger partial charge in [0.15, 0.2) is 26.8 Å². The number of nitrogens with one attached hydrogen (secondary N) is 1. The SMILES string of the molecule is [C-]#[N+]c1ccc(CC(=O)[C@@](C)(O)CS(=O)(=O)c2ccc(OCC)c(-c3nc4c(CCC)nn(C)c4c(=O)[nH]3)c2)cc1C. The maximum atomic E-state index is 13.5. The molecule has 0 radical (unpaired) electrons. The van der Waals surface area contributed by atoms with Crippen molar-refractivity contribution >= 4 is 32.3 Å². The first-order valence-electron chi connectivity index (χ1n) is 13.5. The lowest BCUT2D eigenvalue weighted by Crippen LogP contribution is -2.43. The lowest BCUT2D eigenvalue weighted by Gasteiger charge is -2.22. The fourth-order valence-electron chi connectivity index (χ4n) is 4.81. The summed E-state index contributed by atoms with van der Waals surface area (Å²) in [5.74, 6) is -1.12. The Kier molecular flexibility index (Phi) is 8.65. The zero-order valence-electron chi connectivity index (χ0n) is 24.2. The van der Waals surface area contributed by atoms with Gasteiger partial charge in [-0.2, -0.15) is 5.10 Å². The Bertz CT molecular complexity index is 1880. The fraction of sp³-hybridized carbons (Fsp3) is 0.367. The molecule has 12 heteroatoms. The van der Waals surface area contributed by atoms with Crippen LogP contribution in [0.4, 0.5) is 5.69 Å². The van der Waals surface area contributed by atoms with Crippen LogP contribution in [-0.2, 0) is 34.5 Å². The predicted molar refractivity (Wildman–Crippen MR) is 159 cm³/mol. The van der Waals surface area contributed by atoms with Crippen LogP contribution in [0.25, 0.3) is 27.3 Å². The first-order chi connectivity index (χ1) is 19.8. The van der Waals surface area contributed by atoms with Crippen LogP contribution in [0.2, 0.25) is 0 Å². The van der Waals surface area contributed by atoms with Crippen LogP contribution < -0.4 is 10.3 Å². The van der Waals surface area contributed by atoms with E-state index in [0.29, 0.717) is 45.7 Å². The summed E-state index contributed by atoms with van der Waals surface area (Å²) in [5, 5.41) is 15.4. The monoisotopic (exact) mass is 591 g/mol. The number of Topliss-reactive ketones (excluding diaryl/α,β-unsaturated/α-hetero) is 1. The fourth-order valence-corrected chi connectivity index (χ4v) is 6.45. The number of aromatic nitrogens is 4. The Morgan fingerprint density at radius 3 is 2.60 bits per heavy atom. The van der Waals surface area contributed by atoms with Crippen LogP contribution >= 0.6 is 0 Å². The van der Waals surface area contributed by atoms with E-state index >= 15 is 0 Å². The molecule has 2 aromatic carbocycles. The van der Waals surface area contributed by atoms with Crippen molar-refractivity contribution in [2.75, 3.05) is 12.4 Å². The number of nitrogens with zero attached hydrogens (tertiary/aromatic N) is 4. The van der Waals surface area contributed by atoms with E-state index in [9.17, 15) is 23.1 Å². The molecular formula is C30H33N5O6S. The van der Waals surface area contributed by atoms with Crippen molar-refractivity contribution in [1.82, 2.24) is 19.7 Å². The summed E-state index contributed by atoms with van der Waals surface area (Å²) in [4.78, 5) is 36.7. The molecule has 0 aliphatic heterocycles. The molecule has 4 aromatic rings. The van der Waals surface area contributed by atoms with Crippen molar-refractivity contribution in [2.45, 2.75) is 57.5 Å². The molecule has 4 rings (SSSR count). The van der Waals surface area contributed by atoms with Crippen LogP contribution in [0.15, 0.2) is 46.1 Å². The highest BCUT2D eigenvalue weighted by molar-refractivity contribution is 7.91. The van der Waals surface area contributed by atoms with Gasteiger partial charge in [0.05, 0.1) is 35.1 Å². The Labute approximate surface area is 243 Å². The van der Waals surface area contributed by atoms with Crippen molar-refractivity contribution in [1.29, 1.82) is 0 Å². The van der Waals surface area contributed by atoms with Gasteiger partial charge in [0.2, 0.25) is 0 Å². The molecule has 0 saturated carbocycles. The standard InChI is InChI=1S/C30H33N5O6S/c1-7-9-23-26-27(35(6)34-23)29(37)33-28(32-26)21-16-20(11-13-24(21)41-8-2)42(39,40)17-30(4,38)25(36)15-19-10-12-22(31-5)18(3)14-19/h10-14,16,38H,7-9,15,17H2,1-4,6H3,(H,32,33,37)/t30-/m0/s1. The molecule has 2 heterocycles. The van der Waals surface area contributed by atoms with Gasteiger partial charge in [0, 0.05) is 13.5 Å². The maximum Gasteiger partial charge on any atom is 0.277 e. The molecule has 42 heavy (non-hydrogen) atoms. The van der Waals surface area contributed by atoms with E-state index in [4.69, 9.17) is 11.3 Å². The number of H-pyrrole nitrogens is 1. The number of carbonyl (C=O) groups excluding carboxylic acids is 1. The number of hydrogen-bond acceptors (Lipinski definition) is 8. The second-order valence-corrected chi connectivity index (χ2v) is 12.4. The van der Waals surface area contributed by atoms with Crippen LogP contribution in [0.5, 0.6) is 5.75 Å². The minimum Gasteiger partial charge on any atom is -0.493 e. The highest BCUT2D eigenvalue weighted by Crippen LogP contribution is 2.32. The lowest BCUT2D eigenvalue weighted by molar-refractivity contribution is -0.133. The van der Waals surface area contributed by atoms with E-state index in [1.165, 1.54) is 29.8 Å². The second kappa shape index (κ2) is 11.9. The average molecular weight is 592 g/mol. The van der Waals surface area contributed by atoms with Crippen LogP contribution in [0.1, 0.15) is 44.0 Å². The Balaban J connectivity index is 1.71. The topological polar surface area (TPSA) is 149 Å². The molecule has 0 aliphatic rings. The number of aromatic amines is 1. The molecule has 0 saturated heterocycles. The van der Waals surface area contributed by atoms with E-state index in [0.717, 1.165) is 6.42 Å². The van der Waals surface area contributed by atoms with Crippen molar-refractivity contribution in [2.24, 2.45) is 7.05 Å². The number of aliphatic hydroxyl groups is 1. The van der Waals surface area contributed by atoms with Gasteiger partial charge in [-0.05, 0) is 56.5 Å². The molecule has 2 N–H and O–H groups in total. The van der Waals surface area contributed by atoms with Gasteiger partial charge >= 0.3 is 0 Å². The number of carbonyl (C=O) groups is 1. The summed E-state index contributed by atoms with van der Waals surface area (Å²) >= 11 is 0. The molecule has 0 aliphatic carbocycles. The lowest BCUT2D eigenvalue weighted by atomic mass is 9.96. The number of aryl methyl sites for hydroxylation is 3. The van der Waals surface area contributed by atoms with Crippen molar-refractivity contribution in [3.8, 4) is 17.1 Å². The number of hydrogen-bond donors (Lipinski definition) is 2. The number of ether oxygens (including phenoxy) is 1. The number of rotatable bonds is 11. The first kappa shape index (κ1) is 30.6. The number of ketones is 1. The third-order valence-corrected chi connectivity index (χ3v) is 8.85. The third kappa shape index (κ3) is 6.12. The third-order valence-electron chi connectivity index (χ3n) is 6.93. The van der Waals surface area contributed by atoms with Crippen molar-refractivity contribution < 1.29 is 23.1 Å². The molecule has 0 spiro atoms. The van der Waals surface area contributed by atoms with Crippen LogP contribution in [0, 0.1) is 13.5 Å². The maximum absolute atomic E-state index is 13.5. The smallest absolute Gasteiger partial charge is 0.277 e. The normalized spacial score (nSPS) is 13.1. The zero-order chi connectivity index (χ0) is 30.8. The Hall–Kier alpha value is -4.34. The van der Waals surface area contributed by atoms with Gasteiger partial charge in [-0.3, -0.25) is 14.3 Å². The molecule has 2 aromatic heterocycles. The summed E-state index contributed by atoms with van der Waals surface area (Å²) in [6.45, 7) is 14.1. The molecular weight excluding hydrogens is 558 g/mol. The van der Waals surface area contributed by atoms with Gasteiger partial charge < -0.3 is 14.8 Å². The highest BCUT2D eigenvalue weighted by atomic mass is 32.2. The molecule has 0 unspecified atom stereocenters. The van der Waals surface area contributed by atoms with E-state index in [1.807, 2.05) is 6.92 Å². The van der Waals surface area contributed by atoms with E-state index in [2.05, 4.69) is 19.9 Å². The predicted octanol–water partition coefficient (Wildman–Crippen LogP) is 3.87. The van der Waals surface area contributed by atoms with Crippen LogP contribution in [-0.4, -0.2) is 57.0 Å². The first-order valence-corrected chi connectivity index (χ1v) is 15.1. The molecule has 11 nitrogen and oxygen atoms in total. The molecule has 220 valence electrons. The van der Waals surface area contributed by atoms with Gasteiger partial charge in [-0.25, -0.2) is 18.2 Å². The van der Waals surface area contributed by atoms with Gasteiger partial charge in [0.25, 0.3) is 5.56 Å². The number of sulfone groups is 1. The summed E-state index contributed by atoms with van der Waals surface area (Å²) < 4.78 is 34.2. The number of benzene rings is 2. The van der Waals surface area contributed by atoms with Gasteiger partial charge in [-0.1, -0.05) is 31.5 Å². The Morgan fingerprint density at radius 1 is 1.21 bits per heavy atom. The molecule has 0 bridgehead atoms. The molecule has 0 amide bonds. The Morgan fingerprint density at radius 2 is 1.95 bits per heavy atom. The average Bonchev–Trinajstić information content (AvgIpc) is 3.24. The highest BCUT2D eigenvalue weighted by Gasteiger charge is 2.36. The quantitative estimate of drug-likeness (QED) is 0.250. The number of fused-ring (bicyclic) bond motifs is 1. The van der Waals surface area contributed by atoms with E-state index in [1.54, 1.807) is 39.1 Å². The van der Waals surface area contributed by atoms with Gasteiger partial charge in [-0.15, -0.1) is 0 Å². The van der Waals surface area contributed by atoms with Crippen LogP contribution in [0.3, 0.4) is 0 Å². The minimum absolute atomic E-state index is 0.111. The summed E-state index contributed by atoms with van der Waals surface area (Å²) in [6, 6.07) is 9.00. The van der Waals surface area contributed by atoms with E-state index in [-0.39, 0.29) is 29.3 Å². The van der Waals surface area contributed by atoms with E-state index < -0.39 is 32.5 Å². The largest absolute Gasteiger partial charge is 0.493 e. The summed E-state index contributed by atoms with van der Waals surface area (Å²) in [7, 11) is -2.54. The summed E-state index contributed by atoms with van der Waals surface area (Å²) in [5.41, 5.74) is 0.682. The van der Waals surface area contributed by atoms with Gasteiger partial charge in [0.1, 0.15) is 22.7 Å². The zero-order valence-corrected chi connectivity index (χ0v) is 25.0. The molecule has 0 fully saturated rings. The summed E-state index contributed by atoms with van der Waals surface area (Å²) in [6.07, 6.45) is 1.19. The van der Waals surface area contributed by atoms with Crippen molar-refractivity contribution in [3.05, 3.63) is 75.0 Å². The second-order valence-electron chi connectivity index (χ2n) is 10.4. The molecule has 1 atom stereocenters.